The quantitative estimate of drug-likeness (QED) is 0.455. The fourth-order valence-electron chi connectivity index (χ4n) is 3.76. The van der Waals surface area contributed by atoms with Crippen LogP contribution in [0.1, 0.15) is 39.2 Å². The minimum absolute atomic E-state index is 0.248. The van der Waals surface area contributed by atoms with Crippen molar-refractivity contribution in [2.24, 2.45) is 0 Å². The standard InChI is InChI=1S/C25H22ClN3O4S/c1-32-17-9-7-16(8-10-17)28-24(31)23-18-4-2-3-5-21(18)34-25(23)29-22(30)14-33-20-11-6-15(13-27)12-19(20)26/h6-12H,2-5,14H2,1H3,(H,28,31)(H,29,30). The molecule has 0 unspecified atom stereocenters. The molecule has 0 saturated carbocycles. The van der Waals surface area contributed by atoms with Gasteiger partial charge >= 0.3 is 0 Å². The summed E-state index contributed by atoms with van der Waals surface area (Å²) in [5.41, 5.74) is 2.53. The van der Waals surface area contributed by atoms with Crippen molar-refractivity contribution < 1.29 is 19.1 Å². The van der Waals surface area contributed by atoms with Crippen molar-refractivity contribution in [2.45, 2.75) is 25.7 Å². The van der Waals surface area contributed by atoms with Gasteiger partial charge in [-0.05, 0) is 73.7 Å². The fraction of sp³-hybridized carbons (Fsp3) is 0.240. The van der Waals surface area contributed by atoms with Gasteiger partial charge in [0.25, 0.3) is 11.8 Å². The highest BCUT2D eigenvalue weighted by atomic mass is 35.5. The third-order valence-corrected chi connectivity index (χ3v) is 6.92. The van der Waals surface area contributed by atoms with E-state index in [-0.39, 0.29) is 17.5 Å². The molecular formula is C25H22ClN3O4S. The van der Waals surface area contributed by atoms with Gasteiger partial charge in [0.1, 0.15) is 16.5 Å². The highest BCUT2D eigenvalue weighted by molar-refractivity contribution is 7.17. The van der Waals surface area contributed by atoms with Crippen molar-refractivity contribution in [3.05, 3.63) is 69.1 Å². The van der Waals surface area contributed by atoms with E-state index in [1.807, 2.05) is 6.07 Å². The van der Waals surface area contributed by atoms with Crippen molar-refractivity contribution >= 4 is 45.4 Å². The molecule has 34 heavy (non-hydrogen) atoms. The summed E-state index contributed by atoms with van der Waals surface area (Å²) in [5.74, 6) is 0.327. The van der Waals surface area contributed by atoms with E-state index in [4.69, 9.17) is 26.3 Å². The number of fused-ring (bicyclic) bond motifs is 1. The van der Waals surface area contributed by atoms with Crippen LogP contribution in [0.5, 0.6) is 11.5 Å². The summed E-state index contributed by atoms with van der Waals surface area (Å²) in [4.78, 5) is 27.0. The van der Waals surface area contributed by atoms with Crippen LogP contribution in [0.3, 0.4) is 0 Å². The lowest BCUT2D eigenvalue weighted by Crippen LogP contribution is -2.22. The predicted molar refractivity (Wildman–Crippen MR) is 132 cm³/mol. The Morgan fingerprint density at radius 2 is 1.88 bits per heavy atom. The summed E-state index contributed by atoms with van der Waals surface area (Å²) in [5, 5.41) is 15.5. The molecule has 1 aliphatic carbocycles. The van der Waals surface area contributed by atoms with E-state index in [1.165, 1.54) is 17.4 Å². The van der Waals surface area contributed by atoms with Gasteiger partial charge < -0.3 is 20.1 Å². The first-order valence-corrected chi connectivity index (χ1v) is 11.9. The number of amides is 2. The first kappa shape index (κ1) is 23.6. The van der Waals surface area contributed by atoms with Gasteiger partial charge in [0.2, 0.25) is 0 Å². The average Bonchev–Trinajstić information content (AvgIpc) is 3.21. The van der Waals surface area contributed by atoms with Crippen LogP contribution >= 0.6 is 22.9 Å². The first-order chi connectivity index (χ1) is 16.5. The van der Waals surface area contributed by atoms with Crippen LogP contribution in [-0.4, -0.2) is 25.5 Å². The molecule has 2 N–H and O–H groups in total. The highest BCUT2D eigenvalue weighted by Crippen LogP contribution is 2.38. The molecule has 4 rings (SSSR count). The summed E-state index contributed by atoms with van der Waals surface area (Å²) in [6.45, 7) is -0.284. The smallest absolute Gasteiger partial charge is 0.262 e. The zero-order valence-corrected chi connectivity index (χ0v) is 20.0. The summed E-state index contributed by atoms with van der Waals surface area (Å²) in [7, 11) is 1.58. The fourth-order valence-corrected chi connectivity index (χ4v) is 5.29. The lowest BCUT2D eigenvalue weighted by molar-refractivity contribution is -0.118. The minimum Gasteiger partial charge on any atom is -0.497 e. The van der Waals surface area contributed by atoms with Crippen LogP contribution in [0, 0.1) is 11.3 Å². The molecule has 2 amide bonds. The second-order valence-corrected chi connectivity index (χ2v) is 9.20. The number of nitriles is 1. The number of rotatable bonds is 7. The molecule has 9 heteroatoms. The van der Waals surface area contributed by atoms with Crippen molar-refractivity contribution in [1.82, 2.24) is 0 Å². The number of hydrogen-bond donors (Lipinski definition) is 2. The second-order valence-electron chi connectivity index (χ2n) is 7.69. The zero-order chi connectivity index (χ0) is 24.1. The van der Waals surface area contributed by atoms with Crippen molar-refractivity contribution in [2.75, 3.05) is 24.4 Å². The minimum atomic E-state index is -0.405. The molecule has 0 radical (unpaired) electrons. The summed E-state index contributed by atoms with van der Waals surface area (Å²) in [6.07, 6.45) is 3.74. The molecule has 0 atom stereocenters. The van der Waals surface area contributed by atoms with Crippen LogP contribution in [-0.2, 0) is 17.6 Å². The maximum absolute atomic E-state index is 13.2. The molecule has 1 aliphatic rings. The maximum atomic E-state index is 13.2. The van der Waals surface area contributed by atoms with E-state index in [9.17, 15) is 9.59 Å². The van der Waals surface area contributed by atoms with Gasteiger partial charge in [-0.3, -0.25) is 9.59 Å². The molecule has 2 aromatic carbocycles. The Morgan fingerprint density at radius 3 is 2.59 bits per heavy atom. The molecule has 0 saturated heterocycles. The normalized spacial score (nSPS) is 12.3. The number of carbonyl (C=O) groups excluding carboxylic acids is 2. The predicted octanol–water partition coefficient (Wildman–Crippen LogP) is 5.43. The number of thiophene rings is 1. The van der Waals surface area contributed by atoms with Gasteiger partial charge in [0.05, 0.1) is 29.3 Å². The number of nitrogens with one attached hydrogen (secondary N) is 2. The molecule has 1 heterocycles. The molecular weight excluding hydrogens is 474 g/mol. The monoisotopic (exact) mass is 495 g/mol. The Bertz CT molecular complexity index is 1260. The van der Waals surface area contributed by atoms with Gasteiger partial charge in [0, 0.05) is 10.6 Å². The number of aryl methyl sites for hydroxylation is 1. The van der Waals surface area contributed by atoms with E-state index in [2.05, 4.69) is 10.6 Å². The van der Waals surface area contributed by atoms with Gasteiger partial charge in [-0.1, -0.05) is 11.6 Å². The summed E-state index contributed by atoms with van der Waals surface area (Å²) < 4.78 is 10.7. The number of benzene rings is 2. The number of nitrogens with zero attached hydrogens (tertiary/aromatic N) is 1. The van der Waals surface area contributed by atoms with Crippen LogP contribution in [0.25, 0.3) is 0 Å². The molecule has 0 bridgehead atoms. The first-order valence-electron chi connectivity index (χ1n) is 10.7. The Kier molecular flexibility index (Phi) is 7.36. The number of anilines is 2. The number of hydrogen-bond acceptors (Lipinski definition) is 6. The van der Waals surface area contributed by atoms with Crippen molar-refractivity contribution in [3.8, 4) is 17.6 Å². The van der Waals surface area contributed by atoms with Gasteiger partial charge in [-0.15, -0.1) is 11.3 Å². The Labute approximate surface area is 206 Å². The van der Waals surface area contributed by atoms with E-state index in [1.54, 1.807) is 43.5 Å². The zero-order valence-electron chi connectivity index (χ0n) is 18.4. The Hall–Kier alpha value is -3.54. The largest absolute Gasteiger partial charge is 0.497 e. The number of halogens is 1. The number of carbonyl (C=O) groups is 2. The third-order valence-electron chi connectivity index (χ3n) is 5.42. The van der Waals surface area contributed by atoms with Crippen LogP contribution in [0.15, 0.2) is 42.5 Å². The Morgan fingerprint density at radius 1 is 1.12 bits per heavy atom. The topological polar surface area (TPSA) is 100 Å². The van der Waals surface area contributed by atoms with E-state index in [0.29, 0.717) is 33.3 Å². The number of methoxy groups -OCH3 is 1. The van der Waals surface area contributed by atoms with E-state index in [0.717, 1.165) is 36.1 Å². The SMILES string of the molecule is COc1ccc(NC(=O)c2c(NC(=O)COc3ccc(C#N)cc3Cl)sc3c2CCCC3)cc1. The summed E-state index contributed by atoms with van der Waals surface area (Å²) >= 11 is 7.55. The van der Waals surface area contributed by atoms with Crippen molar-refractivity contribution in [1.29, 1.82) is 5.26 Å². The molecule has 1 aromatic heterocycles. The molecule has 174 valence electrons. The van der Waals surface area contributed by atoms with Gasteiger partial charge in [-0.25, -0.2) is 0 Å². The maximum Gasteiger partial charge on any atom is 0.262 e. The van der Waals surface area contributed by atoms with Crippen LogP contribution in [0.4, 0.5) is 10.7 Å². The average molecular weight is 496 g/mol. The van der Waals surface area contributed by atoms with Gasteiger partial charge in [0.15, 0.2) is 6.61 Å². The lowest BCUT2D eigenvalue weighted by Gasteiger charge is -2.14. The highest BCUT2D eigenvalue weighted by Gasteiger charge is 2.26. The molecule has 0 spiro atoms. The molecule has 3 aromatic rings. The van der Waals surface area contributed by atoms with Crippen molar-refractivity contribution in [3.63, 3.8) is 0 Å². The number of ether oxygens (including phenoxy) is 2. The third kappa shape index (κ3) is 5.33. The molecule has 0 fully saturated rings. The van der Waals surface area contributed by atoms with E-state index >= 15 is 0 Å². The Balaban J connectivity index is 1.50. The lowest BCUT2D eigenvalue weighted by atomic mass is 9.95. The summed E-state index contributed by atoms with van der Waals surface area (Å²) in [6, 6.07) is 13.7. The van der Waals surface area contributed by atoms with Crippen LogP contribution in [0.2, 0.25) is 5.02 Å². The van der Waals surface area contributed by atoms with E-state index < -0.39 is 5.91 Å². The molecule has 7 nitrogen and oxygen atoms in total. The molecule has 0 aliphatic heterocycles. The second kappa shape index (κ2) is 10.6. The van der Waals surface area contributed by atoms with Gasteiger partial charge in [-0.2, -0.15) is 5.26 Å². The van der Waals surface area contributed by atoms with Crippen LogP contribution < -0.4 is 20.1 Å².